The molecule has 1 aromatic heterocycles. The van der Waals surface area contributed by atoms with E-state index in [2.05, 4.69) is 28.7 Å². The molecule has 112 valence electrons. The third-order valence-corrected chi connectivity index (χ3v) is 1.55. The average Bonchev–Trinajstić information content (AvgIpc) is 2.94. The number of hydrogen-bond acceptors (Lipinski definition) is 3. The summed E-state index contributed by atoms with van der Waals surface area (Å²) >= 11 is 5.00. The summed E-state index contributed by atoms with van der Waals surface area (Å²) in [5.41, 5.74) is 0.599. The Morgan fingerprint density at radius 3 is 2.25 bits per heavy atom. The van der Waals surface area contributed by atoms with E-state index in [1.807, 2.05) is 20.8 Å². The smallest absolute Gasteiger partial charge is 0.247 e. The number of rotatable bonds is 5. The third-order valence-electron chi connectivity index (χ3n) is 1.55. The Morgan fingerprint density at radius 2 is 1.85 bits per heavy atom. The molecule has 1 aromatic rings. The molecule has 5 nitrogen and oxygen atoms in total. The van der Waals surface area contributed by atoms with Crippen LogP contribution in [-0.4, -0.2) is 26.8 Å². The second-order valence-corrected chi connectivity index (χ2v) is 3.47. The van der Waals surface area contributed by atoms with Crippen LogP contribution in [-0.2, 0) is 11.3 Å². The average molecular weight is 299 g/mol. The standard InChI is InChI=1S/C10H12N4O.C2H5Cl.C2H6/c1-3-5-9(4-2)13-10(15)8-14-11-6-7-12-14;1-2-3;1-2/h3-7H,1-2,8H2,(H,13,15);2H2,1H3;1-2H3/b9-5+;;. The van der Waals surface area contributed by atoms with Gasteiger partial charge >= 0.3 is 0 Å². The Bertz CT molecular complexity index is 399. The van der Waals surface area contributed by atoms with Crippen LogP contribution in [0.15, 0.2) is 49.5 Å². The van der Waals surface area contributed by atoms with Gasteiger partial charge in [-0.15, -0.1) is 11.6 Å². The van der Waals surface area contributed by atoms with Crippen LogP contribution in [0, 0.1) is 0 Å². The van der Waals surface area contributed by atoms with Crippen molar-refractivity contribution >= 4 is 17.5 Å². The molecule has 1 amide bonds. The first-order valence-electron chi connectivity index (χ1n) is 6.33. The molecule has 0 aromatic carbocycles. The summed E-state index contributed by atoms with van der Waals surface area (Å²) in [4.78, 5) is 12.7. The summed E-state index contributed by atoms with van der Waals surface area (Å²) in [7, 11) is 0. The first-order chi connectivity index (χ1) is 9.67. The zero-order valence-corrected chi connectivity index (χ0v) is 13.1. The molecule has 0 aliphatic rings. The SMILES string of the molecule is C=C/C=C(\C=C)NC(=O)Cn1nccn1.CC.CCCl. The summed E-state index contributed by atoms with van der Waals surface area (Å²) in [5.74, 6) is 0.513. The van der Waals surface area contributed by atoms with Crippen molar-refractivity contribution in [2.24, 2.45) is 0 Å². The van der Waals surface area contributed by atoms with E-state index in [0.717, 1.165) is 5.88 Å². The summed E-state index contributed by atoms with van der Waals surface area (Å²) in [6.45, 7) is 13.1. The molecule has 0 saturated carbocycles. The van der Waals surface area contributed by atoms with Gasteiger partial charge in [0.2, 0.25) is 5.91 Å². The quantitative estimate of drug-likeness (QED) is 0.671. The van der Waals surface area contributed by atoms with Gasteiger partial charge in [0, 0.05) is 11.6 Å². The number of carbonyl (C=O) groups excluding carboxylic acids is 1. The minimum absolute atomic E-state index is 0.0787. The van der Waals surface area contributed by atoms with E-state index < -0.39 is 0 Å². The van der Waals surface area contributed by atoms with Crippen molar-refractivity contribution in [1.82, 2.24) is 20.3 Å². The number of alkyl halides is 1. The Balaban J connectivity index is 0. The molecule has 20 heavy (non-hydrogen) atoms. The number of nitrogens with zero attached hydrogens (tertiary/aromatic N) is 3. The van der Waals surface area contributed by atoms with Gasteiger partial charge in [-0.1, -0.05) is 40.0 Å². The lowest BCUT2D eigenvalue weighted by molar-refractivity contribution is -0.121. The van der Waals surface area contributed by atoms with E-state index in [-0.39, 0.29) is 12.5 Å². The Labute approximate surface area is 126 Å². The molecular weight excluding hydrogens is 276 g/mol. The molecule has 0 aliphatic heterocycles. The monoisotopic (exact) mass is 298 g/mol. The van der Waals surface area contributed by atoms with Gasteiger partial charge in [-0.3, -0.25) is 4.79 Å². The molecule has 0 fully saturated rings. The maximum Gasteiger partial charge on any atom is 0.247 e. The second-order valence-electron chi connectivity index (χ2n) is 2.94. The van der Waals surface area contributed by atoms with Gasteiger partial charge in [0.05, 0.1) is 12.4 Å². The molecule has 1 heterocycles. The Kier molecular flexibility index (Phi) is 15.5. The lowest BCUT2D eigenvalue weighted by Crippen LogP contribution is -2.27. The summed E-state index contributed by atoms with van der Waals surface area (Å²) in [6.07, 6.45) is 7.80. The molecule has 6 heteroatoms. The van der Waals surface area contributed by atoms with Crippen LogP contribution in [0.25, 0.3) is 0 Å². The lowest BCUT2D eigenvalue weighted by Gasteiger charge is -2.04. The largest absolute Gasteiger partial charge is 0.324 e. The van der Waals surface area contributed by atoms with Crippen molar-refractivity contribution in [2.45, 2.75) is 27.3 Å². The minimum Gasteiger partial charge on any atom is -0.324 e. The number of aromatic nitrogens is 3. The number of hydrogen-bond donors (Lipinski definition) is 1. The van der Waals surface area contributed by atoms with E-state index in [1.54, 1.807) is 12.2 Å². The molecule has 0 spiro atoms. The molecule has 0 bridgehead atoms. The highest BCUT2D eigenvalue weighted by Crippen LogP contribution is 1.91. The van der Waals surface area contributed by atoms with Crippen LogP contribution in [0.5, 0.6) is 0 Å². The van der Waals surface area contributed by atoms with Crippen LogP contribution >= 0.6 is 11.6 Å². The van der Waals surface area contributed by atoms with Crippen molar-refractivity contribution in [3.63, 3.8) is 0 Å². The van der Waals surface area contributed by atoms with Gasteiger partial charge in [-0.05, 0) is 12.2 Å². The van der Waals surface area contributed by atoms with Gasteiger partial charge in [0.1, 0.15) is 6.54 Å². The molecule has 1 rings (SSSR count). The van der Waals surface area contributed by atoms with Crippen LogP contribution in [0.3, 0.4) is 0 Å². The van der Waals surface area contributed by atoms with Crippen molar-refractivity contribution in [2.75, 3.05) is 5.88 Å². The van der Waals surface area contributed by atoms with Gasteiger partial charge in [-0.25, -0.2) is 0 Å². The van der Waals surface area contributed by atoms with Crippen molar-refractivity contribution in [3.05, 3.63) is 49.5 Å². The van der Waals surface area contributed by atoms with Crippen LogP contribution < -0.4 is 5.32 Å². The highest BCUT2D eigenvalue weighted by Gasteiger charge is 2.03. The van der Waals surface area contributed by atoms with E-state index in [0.29, 0.717) is 5.70 Å². The van der Waals surface area contributed by atoms with Crippen LogP contribution in [0.1, 0.15) is 20.8 Å². The van der Waals surface area contributed by atoms with Crippen LogP contribution in [0.2, 0.25) is 0 Å². The predicted molar refractivity (Wildman–Crippen MR) is 84.4 cm³/mol. The van der Waals surface area contributed by atoms with Gasteiger partial charge in [0.15, 0.2) is 0 Å². The lowest BCUT2D eigenvalue weighted by atomic mass is 10.3. The highest BCUT2D eigenvalue weighted by atomic mass is 35.5. The molecule has 0 atom stereocenters. The van der Waals surface area contributed by atoms with Crippen molar-refractivity contribution in [1.29, 1.82) is 0 Å². The molecule has 0 radical (unpaired) electrons. The maximum absolute atomic E-state index is 11.4. The van der Waals surface area contributed by atoms with Gasteiger partial charge in [-0.2, -0.15) is 15.0 Å². The minimum atomic E-state index is -0.209. The molecule has 0 saturated heterocycles. The predicted octanol–water partition coefficient (Wildman–Crippen LogP) is 2.92. The topological polar surface area (TPSA) is 59.8 Å². The van der Waals surface area contributed by atoms with E-state index in [1.165, 1.54) is 23.3 Å². The van der Waals surface area contributed by atoms with Gasteiger partial charge in [0.25, 0.3) is 0 Å². The number of nitrogens with one attached hydrogen (secondary N) is 1. The fraction of sp³-hybridized carbons (Fsp3) is 0.357. The maximum atomic E-state index is 11.4. The molecule has 0 unspecified atom stereocenters. The zero-order chi connectivity index (χ0) is 15.8. The first kappa shape index (κ1) is 20.4. The zero-order valence-electron chi connectivity index (χ0n) is 12.3. The van der Waals surface area contributed by atoms with E-state index in [4.69, 9.17) is 11.6 Å². The van der Waals surface area contributed by atoms with E-state index in [9.17, 15) is 4.79 Å². The molecule has 0 aliphatic carbocycles. The summed E-state index contributed by atoms with van der Waals surface area (Å²) in [6, 6.07) is 0. The van der Waals surface area contributed by atoms with E-state index >= 15 is 0 Å². The summed E-state index contributed by atoms with van der Waals surface area (Å²) in [5, 5.41) is 10.3. The van der Waals surface area contributed by atoms with Gasteiger partial charge < -0.3 is 5.32 Å². The number of amides is 1. The van der Waals surface area contributed by atoms with Crippen LogP contribution in [0.4, 0.5) is 0 Å². The third kappa shape index (κ3) is 11.2. The molecular formula is C14H23ClN4O. The second kappa shape index (κ2) is 15.2. The summed E-state index contributed by atoms with van der Waals surface area (Å²) < 4.78 is 0. The Hall–Kier alpha value is -1.88. The van der Waals surface area contributed by atoms with Crippen molar-refractivity contribution in [3.8, 4) is 0 Å². The fourth-order valence-electron chi connectivity index (χ4n) is 0.942. The highest BCUT2D eigenvalue weighted by molar-refractivity contribution is 6.17. The molecule has 1 N–H and O–H groups in total. The number of halogens is 1. The Morgan fingerprint density at radius 1 is 1.35 bits per heavy atom. The normalized spacial score (nSPS) is 9.30. The fourth-order valence-corrected chi connectivity index (χ4v) is 0.942. The number of carbonyl (C=O) groups is 1. The first-order valence-corrected chi connectivity index (χ1v) is 6.86. The number of allylic oxidation sites excluding steroid dienone is 3. The van der Waals surface area contributed by atoms with Crippen molar-refractivity contribution < 1.29 is 4.79 Å².